The molecule has 1 unspecified atom stereocenters. The summed E-state index contributed by atoms with van der Waals surface area (Å²) in [7, 11) is 0. The Balaban J connectivity index is 1.31. The van der Waals surface area contributed by atoms with Crippen molar-refractivity contribution in [3.05, 3.63) is 71.0 Å². The number of anilines is 1. The second kappa shape index (κ2) is 8.57. The number of rotatable bonds is 6. The zero-order valence-electron chi connectivity index (χ0n) is 18.3. The van der Waals surface area contributed by atoms with E-state index in [1.165, 1.54) is 39.6 Å². The number of hydrogen-bond donors (Lipinski definition) is 3. The molecule has 7 heteroatoms. The van der Waals surface area contributed by atoms with Gasteiger partial charge in [-0.2, -0.15) is 0 Å². The lowest BCUT2D eigenvalue weighted by Crippen LogP contribution is -2.31. The zero-order chi connectivity index (χ0) is 22.2. The van der Waals surface area contributed by atoms with Gasteiger partial charge < -0.3 is 16.0 Å². The fourth-order valence-corrected chi connectivity index (χ4v) is 6.06. The van der Waals surface area contributed by atoms with Gasteiger partial charge in [0, 0.05) is 52.5 Å². The molecule has 166 valence electrons. The van der Waals surface area contributed by atoms with Crippen LogP contribution in [0, 0.1) is 0 Å². The number of benzene rings is 1. The highest BCUT2D eigenvalue weighted by Gasteiger charge is 2.22. The van der Waals surface area contributed by atoms with E-state index in [4.69, 9.17) is 15.7 Å². The topological polar surface area (TPSA) is 92.5 Å². The molecule has 4 N–H and O–H groups in total. The predicted molar refractivity (Wildman–Crippen MR) is 136 cm³/mol. The SMILES string of the molecule is NC(CNc1nc(-c2ccncc2)nc2sc3c(c12)CCCC3)Cc1c[nH]c2ccccc12. The van der Waals surface area contributed by atoms with Gasteiger partial charge in [0.25, 0.3) is 0 Å². The number of H-pyrrole nitrogens is 1. The number of pyridine rings is 1. The Morgan fingerprint density at radius 3 is 2.82 bits per heavy atom. The third-order valence-corrected chi connectivity index (χ3v) is 7.63. The van der Waals surface area contributed by atoms with Gasteiger partial charge in [0.2, 0.25) is 0 Å². The van der Waals surface area contributed by atoms with Crippen LogP contribution in [0.4, 0.5) is 5.82 Å². The van der Waals surface area contributed by atoms with Crippen LogP contribution in [0.2, 0.25) is 0 Å². The first-order valence-electron chi connectivity index (χ1n) is 11.5. The molecule has 4 aromatic heterocycles. The average molecular weight is 455 g/mol. The summed E-state index contributed by atoms with van der Waals surface area (Å²) in [5.74, 6) is 1.64. The minimum Gasteiger partial charge on any atom is -0.368 e. The molecule has 0 fully saturated rings. The van der Waals surface area contributed by atoms with Gasteiger partial charge in [-0.05, 0) is 61.4 Å². The molecular weight excluding hydrogens is 428 g/mol. The first kappa shape index (κ1) is 20.3. The van der Waals surface area contributed by atoms with Crippen LogP contribution in [0.3, 0.4) is 0 Å². The number of nitrogens with one attached hydrogen (secondary N) is 2. The molecule has 0 aliphatic heterocycles. The van der Waals surface area contributed by atoms with Crippen molar-refractivity contribution in [2.24, 2.45) is 5.73 Å². The van der Waals surface area contributed by atoms with E-state index in [-0.39, 0.29) is 6.04 Å². The molecule has 5 aromatic rings. The monoisotopic (exact) mass is 454 g/mol. The zero-order valence-corrected chi connectivity index (χ0v) is 19.2. The van der Waals surface area contributed by atoms with Crippen LogP contribution in [0.15, 0.2) is 55.0 Å². The molecule has 0 radical (unpaired) electrons. The fourth-order valence-electron chi connectivity index (χ4n) is 4.80. The normalized spacial score (nSPS) is 14.5. The number of thiophene rings is 1. The molecule has 1 atom stereocenters. The van der Waals surface area contributed by atoms with Crippen LogP contribution in [0.1, 0.15) is 28.8 Å². The lowest BCUT2D eigenvalue weighted by atomic mass is 9.97. The van der Waals surface area contributed by atoms with Gasteiger partial charge in [0.05, 0.1) is 5.39 Å². The minimum atomic E-state index is -0.0342. The fraction of sp³-hybridized carbons (Fsp3) is 0.269. The summed E-state index contributed by atoms with van der Waals surface area (Å²) in [5.41, 5.74) is 11.4. The summed E-state index contributed by atoms with van der Waals surface area (Å²) >= 11 is 1.82. The summed E-state index contributed by atoms with van der Waals surface area (Å²) < 4.78 is 0. The number of hydrogen-bond acceptors (Lipinski definition) is 6. The number of aryl methyl sites for hydroxylation is 2. The van der Waals surface area contributed by atoms with Crippen molar-refractivity contribution in [1.82, 2.24) is 19.9 Å². The molecule has 33 heavy (non-hydrogen) atoms. The number of para-hydroxylation sites is 1. The smallest absolute Gasteiger partial charge is 0.163 e. The third kappa shape index (κ3) is 3.87. The standard InChI is InChI=1S/C26H26N6S/c27-18(13-17-14-29-21-7-3-1-5-19(17)21)15-30-25-23-20-6-2-4-8-22(20)33-26(23)32-24(31-25)16-9-11-28-12-10-16/h1,3,5,7,9-12,14,18,29H,2,4,6,8,13,15,27H2,(H,30,31,32). The quantitative estimate of drug-likeness (QED) is 0.332. The summed E-state index contributed by atoms with van der Waals surface area (Å²) in [6.45, 7) is 0.645. The van der Waals surface area contributed by atoms with Crippen LogP contribution < -0.4 is 11.1 Å². The molecule has 4 heterocycles. The molecule has 1 aliphatic carbocycles. The highest BCUT2D eigenvalue weighted by atomic mass is 32.1. The van der Waals surface area contributed by atoms with Crippen LogP contribution in [0.5, 0.6) is 0 Å². The second-order valence-corrected chi connectivity index (χ2v) is 9.81. The lowest BCUT2D eigenvalue weighted by molar-refractivity contribution is 0.697. The Morgan fingerprint density at radius 1 is 1.06 bits per heavy atom. The van der Waals surface area contributed by atoms with Gasteiger partial charge in [-0.25, -0.2) is 9.97 Å². The minimum absolute atomic E-state index is 0.0342. The summed E-state index contributed by atoms with van der Waals surface area (Å²) in [5, 5.41) is 6.03. The van der Waals surface area contributed by atoms with E-state index in [2.05, 4.69) is 39.7 Å². The molecule has 0 amide bonds. The van der Waals surface area contributed by atoms with E-state index in [1.54, 1.807) is 12.4 Å². The van der Waals surface area contributed by atoms with Gasteiger partial charge in [-0.3, -0.25) is 4.98 Å². The maximum atomic E-state index is 6.58. The largest absolute Gasteiger partial charge is 0.368 e. The van der Waals surface area contributed by atoms with Crippen molar-refractivity contribution < 1.29 is 0 Å². The van der Waals surface area contributed by atoms with E-state index in [9.17, 15) is 0 Å². The number of nitrogens with two attached hydrogens (primary N) is 1. The van der Waals surface area contributed by atoms with Gasteiger partial charge in [0.1, 0.15) is 10.6 Å². The molecule has 0 bridgehead atoms. The van der Waals surface area contributed by atoms with Gasteiger partial charge >= 0.3 is 0 Å². The van der Waals surface area contributed by atoms with Crippen molar-refractivity contribution in [2.75, 3.05) is 11.9 Å². The molecule has 0 saturated heterocycles. The van der Waals surface area contributed by atoms with Crippen molar-refractivity contribution in [3.63, 3.8) is 0 Å². The van der Waals surface area contributed by atoms with Crippen LogP contribution >= 0.6 is 11.3 Å². The first-order chi connectivity index (χ1) is 16.3. The van der Waals surface area contributed by atoms with E-state index in [0.717, 1.165) is 46.8 Å². The first-order valence-corrected chi connectivity index (χ1v) is 12.3. The van der Waals surface area contributed by atoms with Crippen LogP contribution in [0.25, 0.3) is 32.5 Å². The maximum absolute atomic E-state index is 6.58. The summed E-state index contributed by atoms with van der Waals surface area (Å²) in [6.07, 6.45) is 11.2. The molecule has 6 rings (SSSR count). The molecule has 0 spiro atoms. The van der Waals surface area contributed by atoms with Crippen molar-refractivity contribution in [3.8, 4) is 11.4 Å². The Hall–Kier alpha value is -3.29. The van der Waals surface area contributed by atoms with E-state index in [1.807, 2.05) is 29.5 Å². The van der Waals surface area contributed by atoms with Gasteiger partial charge in [-0.15, -0.1) is 11.3 Å². The van der Waals surface area contributed by atoms with E-state index in [0.29, 0.717) is 6.54 Å². The third-order valence-electron chi connectivity index (χ3n) is 6.44. The molecule has 1 aromatic carbocycles. The second-order valence-electron chi connectivity index (χ2n) is 8.73. The highest BCUT2D eigenvalue weighted by Crippen LogP contribution is 2.39. The molecule has 6 nitrogen and oxygen atoms in total. The van der Waals surface area contributed by atoms with Crippen molar-refractivity contribution in [2.45, 2.75) is 38.1 Å². The average Bonchev–Trinajstić information content (AvgIpc) is 3.44. The lowest BCUT2D eigenvalue weighted by Gasteiger charge is -2.16. The van der Waals surface area contributed by atoms with E-state index >= 15 is 0 Å². The Morgan fingerprint density at radius 2 is 1.91 bits per heavy atom. The Labute approximate surface area is 196 Å². The Kier molecular flexibility index (Phi) is 5.28. The molecule has 0 saturated carbocycles. The molecule has 1 aliphatic rings. The summed E-state index contributed by atoms with van der Waals surface area (Å²) in [4.78, 5) is 19.9. The predicted octanol–water partition coefficient (Wildman–Crippen LogP) is 5.10. The van der Waals surface area contributed by atoms with Crippen LogP contribution in [-0.4, -0.2) is 32.5 Å². The maximum Gasteiger partial charge on any atom is 0.163 e. The Bertz CT molecular complexity index is 1420. The number of fused-ring (bicyclic) bond motifs is 4. The molecular formula is C26H26N6S. The van der Waals surface area contributed by atoms with Crippen molar-refractivity contribution >= 4 is 38.3 Å². The number of aromatic amines is 1. The number of aromatic nitrogens is 4. The van der Waals surface area contributed by atoms with E-state index < -0.39 is 0 Å². The van der Waals surface area contributed by atoms with Crippen molar-refractivity contribution in [1.29, 1.82) is 0 Å². The number of nitrogens with zero attached hydrogens (tertiary/aromatic N) is 3. The van der Waals surface area contributed by atoms with Gasteiger partial charge in [0.15, 0.2) is 5.82 Å². The van der Waals surface area contributed by atoms with Gasteiger partial charge in [-0.1, -0.05) is 18.2 Å². The van der Waals surface area contributed by atoms with Crippen LogP contribution in [-0.2, 0) is 19.3 Å². The summed E-state index contributed by atoms with van der Waals surface area (Å²) in [6, 6.07) is 12.2. The highest BCUT2D eigenvalue weighted by molar-refractivity contribution is 7.19.